The molecule has 3 heteroatoms. The number of aliphatic hydroxyl groups excluding tert-OH is 1. The highest BCUT2D eigenvalue weighted by molar-refractivity contribution is 5.83. The molecule has 3 rings (SSSR count). The lowest BCUT2D eigenvalue weighted by molar-refractivity contribution is 0.211. The number of nitrogens with one attached hydrogen (secondary N) is 1. The molecule has 1 aromatic heterocycles. The second-order valence-electron chi connectivity index (χ2n) is 4.81. The highest BCUT2D eigenvalue weighted by Gasteiger charge is 2.42. The van der Waals surface area contributed by atoms with Crippen molar-refractivity contribution >= 4 is 10.9 Å². The summed E-state index contributed by atoms with van der Waals surface area (Å²) in [5, 5.41) is 9.98. The average molecular weight is 219 g/mol. The summed E-state index contributed by atoms with van der Waals surface area (Å²) in [7, 11) is 0. The van der Waals surface area contributed by atoms with Gasteiger partial charge in [-0.15, -0.1) is 0 Å². The fourth-order valence-electron chi connectivity index (χ4n) is 2.32. The third-order valence-electron chi connectivity index (χ3n) is 3.59. The lowest BCUT2D eigenvalue weighted by Gasteiger charge is -2.10. The Balaban J connectivity index is 2.04. The Kier molecular flexibility index (Phi) is 2.04. The molecule has 0 aliphatic heterocycles. The first kappa shape index (κ1) is 9.85. The van der Waals surface area contributed by atoms with E-state index in [9.17, 15) is 9.50 Å². The molecule has 1 saturated carbocycles. The lowest BCUT2D eigenvalue weighted by Crippen LogP contribution is -2.09. The molecule has 1 fully saturated rings. The molecule has 2 aromatic rings. The van der Waals surface area contributed by atoms with E-state index in [2.05, 4.69) is 4.98 Å². The molecule has 1 heterocycles. The van der Waals surface area contributed by atoms with Crippen molar-refractivity contribution in [3.8, 4) is 0 Å². The number of H-pyrrole nitrogens is 1. The number of aromatic amines is 1. The monoisotopic (exact) mass is 219 g/mol. The predicted molar refractivity (Wildman–Crippen MR) is 60.7 cm³/mol. The Morgan fingerprint density at radius 1 is 1.38 bits per heavy atom. The molecule has 1 aromatic carbocycles. The largest absolute Gasteiger partial charge is 0.396 e. The van der Waals surface area contributed by atoms with Gasteiger partial charge in [0, 0.05) is 23.7 Å². The van der Waals surface area contributed by atoms with Crippen LogP contribution in [0.25, 0.3) is 10.9 Å². The Morgan fingerprint density at radius 3 is 2.88 bits per heavy atom. The van der Waals surface area contributed by atoms with Gasteiger partial charge in [-0.2, -0.15) is 0 Å². The number of hydrogen-bond donors (Lipinski definition) is 2. The van der Waals surface area contributed by atoms with Crippen LogP contribution in [0.2, 0.25) is 0 Å². The molecular formula is C13H14FNO. The van der Waals surface area contributed by atoms with E-state index in [0.717, 1.165) is 30.3 Å². The normalized spacial score (nSPS) is 17.9. The van der Waals surface area contributed by atoms with Gasteiger partial charge in [-0.3, -0.25) is 0 Å². The minimum atomic E-state index is -0.178. The van der Waals surface area contributed by atoms with Gasteiger partial charge >= 0.3 is 0 Å². The zero-order valence-electron chi connectivity index (χ0n) is 8.96. The maximum Gasteiger partial charge on any atom is 0.132 e. The van der Waals surface area contributed by atoms with Crippen molar-refractivity contribution in [1.29, 1.82) is 0 Å². The molecule has 0 unspecified atom stereocenters. The molecule has 0 saturated heterocycles. The molecule has 1 aliphatic rings. The van der Waals surface area contributed by atoms with Crippen LogP contribution in [0.1, 0.15) is 18.4 Å². The zero-order chi connectivity index (χ0) is 11.2. The molecule has 1 aliphatic carbocycles. The summed E-state index contributed by atoms with van der Waals surface area (Å²) in [5.41, 5.74) is 1.85. The predicted octanol–water partition coefficient (Wildman–Crippen LogP) is 2.62. The summed E-state index contributed by atoms with van der Waals surface area (Å²) in [6.07, 6.45) is 4.73. The molecular weight excluding hydrogens is 205 g/mol. The molecule has 0 radical (unpaired) electrons. The van der Waals surface area contributed by atoms with Crippen LogP contribution in [0.4, 0.5) is 4.39 Å². The van der Waals surface area contributed by atoms with Crippen molar-refractivity contribution in [2.24, 2.45) is 5.41 Å². The van der Waals surface area contributed by atoms with Crippen molar-refractivity contribution in [3.63, 3.8) is 0 Å². The first-order valence-electron chi connectivity index (χ1n) is 5.59. The molecule has 0 spiro atoms. The van der Waals surface area contributed by atoms with Crippen LogP contribution in [0, 0.1) is 11.2 Å². The number of aromatic nitrogens is 1. The molecule has 0 atom stereocenters. The van der Waals surface area contributed by atoms with Gasteiger partial charge in [-0.1, -0.05) is 6.07 Å². The second-order valence-corrected chi connectivity index (χ2v) is 4.81. The second kappa shape index (κ2) is 3.32. The van der Waals surface area contributed by atoms with Gasteiger partial charge in [-0.05, 0) is 42.4 Å². The number of benzene rings is 1. The van der Waals surface area contributed by atoms with Crippen LogP contribution in [-0.2, 0) is 6.42 Å². The van der Waals surface area contributed by atoms with E-state index in [0.29, 0.717) is 5.39 Å². The summed E-state index contributed by atoms with van der Waals surface area (Å²) in [6, 6.07) is 5.06. The molecule has 2 nitrogen and oxygen atoms in total. The van der Waals surface area contributed by atoms with Crippen molar-refractivity contribution in [1.82, 2.24) is 4.98 Å². The minimum Gasteiger partial charge on any atom is -0.396 e. The summed E-state index contributed by atoms with van der Waals surface area (Å²) in [4.78, 5) is 3.08. The van der Waals surface area contributed by atoms with Crippen molar-refractivity contribution in [2.75, 3.05) is 6.61 Å². The molecule has 0 amide bonds. The summed E-state index contributed by atoms with van der Waals surface area (Å²) in [5.74, 6) is -0.178. The van der Waals surface area contributed by atoms with Gasteiger partial charge in [0.05, 0.1) is 0 Å². The summed E-state index contributed by atoms with van der Waals surface area (Å²) < 4.78 is 13.7. The van der Waals surface area contributed by atoms with Gasteiger partial charge in [0.25, 0.3) is 0 Å². The average Bonchev–Trinajstić information content (AvgIpc) is 2.94. The number of halogens is 1. The van der Waals surface area contributed by atoms with Crippen LogP contribution in [0.15, 0.2) is 24.4 Å². The maximum atomic E-state index is 13.7. The van der Waals surface area contributed by atoms with E-state index in [-0.39, 0.29) is 17.8 Å². The number of hydrogen-bond acceptors (Lipinski definition) is 1. The topological polar surface area (TPSA) is 36.0 Å². The van der Waals surface area contributed by atoms with Crippen LogP contribution in [0.3, 0.4) is 0 Å². The van der Waals surface area contributed by atoms with Crippen LogP contribution in [0.5, 0.6) is 0 Å². The van der Waals surface area contributed by atoms with Gasteiger partial charge in [0.2, 0.25) is 0 Å². The Hall–Kier alpha value is -1.35. The highest BCUT2D eigenvalue weighted by Crippen LogP contribution is 2.48. The maximum absolute atomic E-state index is 13.7. The number of rotatable bonds is 3. The smallest absolute Gasteiger partial charge is 0.132 e. The summed E-state index contributed by atoms with van der Waals surface area (Å²) >= 11 is 0. The quantitative estimate of drug-likeness (QED) is 0.817. The first-order valence-corrected chi connectivity index (χ1v) is 5.59. The molecule has 0 bridgehead atoms. The molecule has 2 N–H and O–H groups in total. The van der Waals surface area contributed by atoms with Crippen molar-refractivity contribution in [3.05, 3.63) is 35.8 Å². The van der Waals surface area contributed by atoms with Gasteiger partial charge < -0.3 is 10.1 Å². The van der Waals surface area contributed by atoms with Gasteiger partial charge in [-0.25, -0.2) is 4.39 Å². The fraction of sp³-hybridized carbons (Fsp3) is 0.385. The summed E-state index contributed by atoms with van der Waals surface area (Å²) in [6.45, 7) is 0.203. The lowest BCUT2D eigenvalue weighted by atomic mass is 9.97. The molecule has 16 heavy (non-hydrogen) atoms. The third kappa shape index (κ3) is 1.43. The van der Waals surface area contributed by atoms with E-state index in [1.807, 2.05) is 12.3 Å². The minimum absolute atomic E-state index is 0.0252. The van der Waals surface area contributed by atoms with E-state index in [4.69, 9.17) is 0 Å². The standard InChI is InChI=1S/C13H14FNO/c14-10-2-1-3-11-12(10)9(7-15-11)6-13(8-16)4-5-13/h1-3,7,15-16H,4-6,8H2. The van der Waals surface area contributed by atoms with E-state index < -0.39 is 0 Å². The van der Waals surface area contributed by atoms with E-state index >= 15 is 0 Å². The molecule has 84 valence electrons. The Bertz CT molecular complexity index is 528. The Labute approximate surface area is 93.1 Å². The van der Waals surface area contributed by atoms with E-state index in [1.165, 1.54) is 6.07 Å². The van der Waals surface area contributed by atoms with Crippen molar-refractivity contribution < 1.29 is 9.50 Å². The number of aliphatic hydroxyl groups is 1. The van der Waals surface area contributed by atoms with Crippen LogP contribution >= 0.6 is 0 Å². The van der Waals surface area contributed by atoms with E-state index in [1.54, 1.807) is 6.07 Å². The highest BCUT2D eigenvalue weighted by atomic mass is 19.1. The Morgan fingerprint density at radius 2 is 2.19 bits per heavy atom. The first-order chi connectivity index (χ1) is 7.74. The zero-order valence-corrected chi connectivity index (χ0v) is 8.96. The fourth-order valence-corrected chi connectivity index (χ4v) is 2.32. The number of fused-ring (bicyclic) bond motifs is 1. The van der Waals surface area contributed by atoms with Crippen LogP contribution in [-0.4, -0.2) is 16.7 Å². The SMILES string of the molecule is OCC1(Cc2c[nH]c3cccc(F)c23)CC1. The van der Waals surface area contributed by atoms with Crippen molar-refractivity contribution in [2.45, 2.75) is 19.3 Å². The van der Waals surface area contributed by atoms with Gasteiger partial charge in [0.15, 0.2) is 0 Å². The van der Waals surface area contributed by atoms with Gasteiger partial charge in [0.1, 0.15) is 5.82 Å². The van der Waals surface area contributed by atoms with Crippen LogP contribution < -0.4 is 0 Å². The third-order valence-corrected chi connectivity index (χ3v) is 3.59.